The zero-order valence-electron chi connectivity index (χ0n) is 56.2. The summed E-state index contributed by atoms with van der Waals surface area (Å²) in [5.74, 6) is -0.345. The van der Waals surface area contributed by atoms with E-state index in [2.05, 4.69) is 50.7 Å². The summed E-state index contributed by atoms with van der Waals surface area (Å²) in [6, 6.07) is 2.83. The Morgan fingerprint density at radius 2 is 1.17 bits per heavy atom. The number of pyridine rings is 1. The summed E-state index contributed by atoms with van der Waals surface area (Å²) >= 11 is 1.93. The standard InChI is InChI=1S/C46H70N6O11.C22H40N2O5S/c1-3-17-39(56)38(51-42(58)27-25-37(55)20-10-5-7-13-23-45(61)63-52-43(59)28-29-44(52)60)21-14-16-30-47-41(57)22-12-6-4-9-18-36(54)19-11-8-15-31-48-46(62)35-24-26-40(50-33-35)49-32-34(2)53;1-3-11-27-13-15-29-16-14-28-12-7-6-9-18(25)8-4-5-10-19-20-22(2,17-30-19)24-21(26)23-20/h24,26,33,38H,3-23,25,27-32H2,1-2H3,(H,47,57)(H,48,62)(H,49,50)(H,51,58);19-20H,3-17H2,1-2H3,(H2,23,24,26)/t38-;19-,20+,22-/m00/s1. The SMILES string of the molecule is CCCC(=O)[C@H](CCCCNC(=O)CCCCCCC(=O)CCCCCNC(=O)c1ccc(NCC(C)=O)nc1)NC(=O)CCC(=O)CCCCCCC(=O)ON1C(=O)CCC1=O.CCCOCCOCCOCCCCC(=O)CCCC[C@@H]1SC[C@]2(C)NC(=O)N[C@H]12. The van der Waals surface area contributed by atoms with Crippen LogP contribution in [0.5, 0.6) is 0 Å². The van der Waals surface area contributed by atoms with Gasteiger partial charge in [0.2, 0.25) is 11.8 Å². The van der Waals surface area contributed by atoms with Gasteiger partial charge in [0.1, 0.15) is 29.0 Å². The number of hydrogen-bond donors (Lipinski definition) is 6. The predicted molar refractivity (Wildman–Crippen MR) is 355 cm³/mol. The number of rotatable bonds is 55. The minimum atomic E-state index is -0.645. The Hall–Kier alpha value is -6.18. The molecule has 0 aromatic carbocycles. The Balaban J connectivity index is 0.000000624. The van der Waals surface area contributed by atoms with Gasteiger partial charge >= 0.3 is 12.0 Å². The molecule has 524 valence electrons. The fourth-order valence-corrected chi connectivity index (χ4v) is 12.4. The molecule has 3 aliphatic rings. The van der Waals surface area contributed by atoms with Crippen LogP contribution < -0.4 is 31.9 Å². The number of urea groups is 1. The van der Waals surface area contributed by atoms with E-state index in [0.29, 0.717) is 170 Å². The molecule has 4 heterocycles. The molecule has 0 saturated carbocycles. The van der Waals surface area contributed by atoms with Crippen molar-refractivity contribution in [2.45, 2.75) is 262 Å². The van der Waals surface area contributed by atoms with Crippen LogP contribution in [0.2, 0.25) is 0 Å². The maximum absolute atomic E-state index is 12.7. The van der Waals surface area contributed by atoms with E-state index in [1.54, 1.807) is 12.1 Å². The van der Waals surface area contributed by atoms with Crippen molar-refractivity contribution in [3.63, 3.8) is 0 Å². The lowest BCUT2D eigenvalue weighted by molar-refractivity contribution is -0.197. The summed E-state index contributed by atoms with van der Waals surface area (Å²) < 4.78 is 16.3. The fraction of sp³-hybridized carbons (Fsp3) is 0.750. The third kappa shape index (κ3) is 37.5. The van der Waals surface area contributed by atoms with Gasteiger partial charge in [0.15, 0.2) is 5.78 Å². The molecule has 0 aliphatic carbocycles. The van der Waals surface area contributed by atoms with Crippen LogP contribution in [-0.4, -0.2) is 168 Å². The number of imide groups is 1. The lowest BCUT2D eigenvalue weighted by Crippen LogP contribution is -2.47. The van der Waals surface area contributed by atoms with E-state index < -0.39 is 23.8 Å². The van der Waals surface area contributed by atoms with E-state index >= 15 is 0 Å². The van der Waals surface area contributed by atoms with Crippen LogP contribution in [0.25, 0.3) is 0 Å². The smallest absolute Gasteiger partial charge is 0.333 e. The molecular weight excluding hydrogens is 1220 g/mol. The number of carbonyl (C=O) groups excluding carboxylic acids is 12. The summed E-state index contributed by atoms with van der Waals surface area (Å²) in [7, 11) is 0. The molecule has 1 aromatic heterocycles. The Morgan fingerprint density at radius 1 is 0.613 bits per heavy atom. The number of hydrogen-bond acceptors (Lipinski definition) is 19. The number of hydroxylamine groups is 2. The van der Waals surface area contributed by atoms with Gasteiger partial charge in [-0.15, -0.1) is 5.06 Å². The molecule has 1 aromatic rings. The summed E-state index contributed by atoms with van der Waals surface area (Å²) in [5, 5.41) is 18.5. The molecule has 6 N–H and O–H groups in total. The number of nitrogens with zero attached hydrogens (tertiary/aromatic N) is 2. The van der Waals surface area contributed by atoms with Crippen molar-refractivity contribution in [2.24, 2.45) is 0 Å². The molecule has 4 rings (SSSR count). The predicted octanol–water partition coefficient (Wildman–Crippen LogP) is 9.02. The first kappa shape index (κ1) is 81.1. The maximum atomic E-state index is 12.7. The van der Waals surface area contributed by atoms with Crippen LogP contribution in [0.4, 0.5) is 10.6 Å². The molecule has 93 heavy (non-hydrogen) atoms. The average molecular weight is 1330 g/mol. The lowest BCUT2D eigenvalue weighted by Gasteiger charge is -2.23. The molecule has 7 amide bonds. The number of fused-ring (bicyclic) bond motifs is 1. The van der Waals surface area contributed by atoms with Gasteiger partial charge in [-0.3, -0.25) is 47.9 Å². The molecule has 3 saturated heterocycles. The van der Waals surface area contributed by atoms with Crippen molar-refractivity contribution >= 4 is 88.0 Å². The van der Waals surface area contributed by atoms with Gasteiger partial charge in [-0.1, -0.05) is 52.4 Å². The van der Waals surface area contributed by atoms with Crippen molar-refractivity contribution < 1.29 is 76.6 Å². The average Bonchev–Trinajstić information content (AvgIpc) is 1.65. The number of anilines is 1. The first-order valence-corrected chi connectivity index (χ1v) is 35.5. The lowest BCUT2D eigenvalue weighted by atomic mass is 9.92. The number of ether oxygens (including phenoxy) is 3. The Kier molecular flexibility index (Phi) is 43.0. The largest absolute Gasteiger partial charge is 0.379 e. The molecule has 4 atom stereocenters. The second-order valence-electron chi connectivity index (χ2n) is 24.6. The number of Topliss-reactive ketones (excluding diaryl/α,β-unsaturated/α-hetero) is 5. The van der Waals surface area contributed by atoms with Gasteiger partial charge in [-0.25, -0.2) is 14.6 Å². The third-order valence-electron chi connectivity index (χ3n) is 16.1. The highest BCUT2D eigenvalue weighted by Crippen LogP contribution is 2.39. The third-order valence-corrected chi connectivity index (χ3v) is 17.8. The molecule has 3 fully saturated rings. The zero-order chi connectivity index (χ0) is 67.9. The second-order valence-corrected chi connectivity index (χ2v) is 25.8. The molecule has 3 aliphatic heterocycles. The van der Waals surface area contributed by atoms with Crippen molar-refractivity contribution in [1.29, 1.82) is 0 Å². The first-order chi connectivity index (χ1) is 44.8. The summed E-state index contributed by atoms with van der Waals surface area (Å²) in [4.78, 5) is 153. The van der Waals surface area contributed by atoms with Crippen molar-refractivity contribution in [3.05, 3.63) is 23.9 Å². The summed E-state index contributed by atoms with van der Waals surface area (Å²) in [5.41, 5.74) is 0.325. The molecule has 25 heteroatoms. The van der Waals surface area contributed by atoms with Gasteiger partial charge < -0.3 is 50.9 Å². The van der Waals surface area contributed by atoms with Gasteiger partial charge in [0.25, 0.3) is 17.7 Å². The molecule has 24 nitrogen and oxygen atoms in total. The molecule has 0 bridgehead atoms. The normalized spacial score (nSPS) is 16.7. The van der Waals surface area contributed by atoms with Gasteiger partial charge in [0, 0.05) is 121 Å². The number of nitrogens with one attached hydrogen (secondary N) is 6. The quantitative estimate of drug-likeness (QED) is 0.0201. The second kappa shape index (κ2) is 49.4. The highest BCUT2D eigenvalue weighted by atomic mass is 32.2. The summed E-state index contributed by atoms with van der Waals surface area (Å²) in [6.07, 6.45) is 21.4. The fourth-order valence-electron chi connectivity index (χ4n) is 10.7. The number of amides is 7. The highest BCUT2D eigenvalue weighted by molar-refractivity contribution is 8.00. The number of carbonyl (C=O) groups is 12. The number of ketones is 5. The number of unbranched alkanes of at least 4 members (excludes halogenated alkanes) is 11. The minimum Gasteiger partial charge on any atom is -0.379 e. The summed E-state index contributed by atoms with van der Waals surface area (Å²) in [6.45, 7) is 12.6. The van der Waals surface area contributed by atoms with Crippen molar-refractivity contribution in [2.75, 3.05) is 70.3 Å². The zero-order valence-corrected chi connectivity index (χ0v) is 57.0. The molecule has 0 radical (unpaired) electrons. The van der Waals surface area contributed by atoms with Crippen LogP contribution in [0, 0.1) is 0 Å². The van der Waals surface area contributed by atoms with Crippen molar-refractivity contribution in [3.8, 4) is 0 Å². The Morgan fingerprint density at radius 3 is 1.78 bits per heavy atom. The van der Waals surface area contributed by atoms with E-state index in [-0.39, 0.29) is 97.1 Å². The Bertz CT molecular complexity index is 2450. The van der Waals surface area contributed by atoms with Crippen LogP contribution in [0.15, 0.2) is 18.3 Å². The van der Waals surface area contributed by atoms with Crippen LogP contribution in [-0.2, 0) is 67.0 Å². The molecular formula is C68H110N8O16S. The van der Waals surface area contributed by atoms with E-state index in [4.69, 9.17) is 19.0 Å². The topological polar surface area (TPSA) is 330 Å². The number of thioether (sulfide) groups is 1. The van der Waals surface area contributed by atoms with Gasteiger partial charge in [-0.2, -0.15) is 11.8 Å². The van der Waals surface area contributed by atoms with Crippen LogP contribution in [0.1, 0.15) is 250 Å². The molecule has 0 unspecified atom stereocenters. The highest BCUT2D eigenvalue weighted by Gasteiger charge is 2.51. The van der Waals surface area contributed by atoms with E-state index in [1.807, 2.05) is 18.7 Å². The van der Waals surface area contributed by atoms with Crippen LogP contribution >= 0.6 is 11.8 Å². The molecule has 0 spiro atoms. The number of aromatic nitrogens is 1. The van der Waals surface area contributed by atoms with E-state index in [0.717, 1.165) is 95.8 Å². The minimum absolute atomic E-state index is 0.00814. The van der Waals surface area contributed by atoms with Crippen LogP contribution in [0.3, 0.4) is 0 Å². The van der Waals surface area contributed by atoms with Crippen molar-refractivity contribution in [1.82, 2.24) is 36.6 Å². The first-order valence-electron chi connectivity index (χ1n) is 34.5. The maximum Gasteiger partial charge on any atom is 0.333 e. The van der Waals surface area contributed by atoms with E-state index in [9.17, 15) is 57.5 Å². The monoisotopic (exact) mass is 1330 g/mol. The Labute approximate surface area is 555 Å². The van der Waals surface area contributed by atoms with Gasteiger partial charge in [0.05, 0.1) is 56.2 Å². The van der Waals surface area contributed by atoms with E-state index in [1.165, 1.54) is 13.1 Å². The van der Waals surface area contributed by atoms with Gasteiger partial charge in [-0.05, 0) is 122 Å².